The maximum atomic E-state index is 11.7. The number of anilines is 1. The Bertz CT molecular complexity index is 526. The predicted octanol–water partition coefficient (Wildman–Crippen LogP) is 8.39. The minimum absolute atomic E-state index is 0.154. The van der Waals surface area contributed by atoms with E-state index in [2.05, 4.69) is 48.7 Å². The molecule has 0 aromatic heterocycles. The molecule has 1 aromatic carbocycles. The van der Waals surface area contributed by atoms with Gasteiger partial charge >= 0.3 is 0 Å². The summed E-state index contributed by atoms with van der Waals surface area (Å²) >= 11 is 0. The molecular formula is C28H50N2O. The van der Waals surface area contributed by atoms with Crippen LogP contribution in [0.5, 0.6) is 0 Å². The van der Waals surface area contributed by atoms with Gasteiger partial charge in [-0.25, -0.2) is 0 Å². The number of nitrogens with one attached hydrogen (secondary N) is 2. The molecule has 0 atom stereocenters. The molecule has 0 radical (unpaired) electrons. The van der Waals surface area contributed by atoms with E-state index >= 15 is 0 Å². The van der Waals surface area contributed by atoms with Gasteiger partial charge in [-0.05, 0) is 30.5 Å². The van der Waals surface area contributed by atoms with E-state index in [0.29, 0.717) is 13.0 Å². The maximum Gasteiger partial charge on any atom is 0.220 e. The molecule has 1 aromatic rings. The summed E-state index contributed by atoms with van der Waals surface area (Å²) in [5, 5.41) is 6.51. The number of hydrogen-bond acceptors (Lipinski definition) is 2. The lowest BCUT2D eigenvalue weighted by Crippen LogP contribution is -2.22. The molecule has 2 N–H and O–H groups in total. The summed E-state index contributed by atoms with van der Waals surface area (Å²) in [6.45, 7) is 6.07. The first-order chi connectivity index (χ1) is 15.3. The van der Waals surface area contributed by atoms with Crippen LogP contribution in [0.2, 0.25) is 0 Å². The highest BCUT2D eigenvalue weighted by molar-refractivity contribution is 5.75. The van der Waals surface area contributed by atoms with Crippen molar-refractivity contribution in [2.45, 2.75) is 130 Å². The first-order valence-corrected chi connectivity index (χ1v) is 13.4. The average Bonchev–Trinajstić information content (AvgIpc) is 2.79. The molecule has 0 aliphatic carbocycles. The predicted molar refractivity (Wildman–Crippen MR) is 137 cm³/mol. The molecule has 0 spiro atoms. The molecule has 0 fully saturated rings. The monoisotopic (exact) mass is 430 g/mol. The van der Waals surface area contributed by atoms with Crippen LogP contribution in [0.3, 0.4) is 0 Å². The van der Waals surface area contributed by atoms with Gasteiger partial charge in [-0.1, -0.05) is 116 Å². The number of amides is 1. The number of carbonyl (C=O) groups excluding carboxylic acids is 1. The van der Waals surface area contributed by atoms with Crippen molar-refractivity contribution in [1.29, 1.82) is 0 Å². The molecule has 1 rings (SSSR count). The Hall–Kier alpha value is -1.51. The van der Waals surface area contributed by atoms with Gasteiger partial charge in [0.1, 0.15) is 0 Å². The molecule has 0 aliphatic heterocycles. The molecule has 0 saturated heterocycles. The SMILES string of the molecule is CCCCCCCCCCCCCCCCNc1ccc(CNC(=O)CCCC)cc1. The van der Waals surface area contributed by atoms with Gasteiger partial charge in [-0.15, -0.1) is 0 Å². The molecule has 0 aliphatic rings. The quantitative estimate of drug-likeness (QED) is 0.192. The molecule has 31 heavy (non-hydrogen) atoms. The smallest absolute Gasteiger partial charge is 0.220 e. The summed E-state index contributed by atoms with van der Waals surface area (Å²) in [4.78, 5) is 11.7. The number of unbranched alkanes of at least 4 members (excludes halogenated alkanes) is 14. The molecule has 178 valence electrons. The number of carbonyl (C=O) groups is 1. The largest absolute Gasteiger partial charge is 0.385 e. The first kappa shape index (κ1) is 27.5. The summed E-state index contributed by atoms with van der Waals surface area (Å²) in [7, 11) is 0. The second-order valence-corrected chi connectivity index (χ2v) is 9.10. The van der Waals surface area contributed by atoms with Crippen molar-refractivity contribution in [2.24, 2.45) is 0 Å². The van der Waals surface area contributed by atoms with Crippen molar-refractivity contribution in [2.75, 3.05) is 11.9 Å². The van der Waals surface area contributed by atoms with Gasteiger partial charge in [0.2, 0.25) is 5.91 Å². The summed E-state index contributed by atoms with van der Waals surface area (Å²) in [6, 6.07) is 8.45. The van der Waals surface area contributed by atoms with Crippen molar-refractivity contribution in [3.63, 3.8) is 0 Å². The molecule has 0 bridgehead atoms. The van der Waals surface area contributed by atoms with Crippen LogP contribution in [0.25, 0.3) is 0 Å². The lowest BCUT2D eigenvalue weighted by atomic mass is 10.0. The van der Waals surface area contributed by atoms with E-state index in [1.807, 2.05) is 0 Å². The summed E-state index contributed by atoms with van der Waals surface area (Å²) < 4.78 is 0. The Morgan fingerprint density at radius 2 is 1.13 bits per heavy atom. The molecule has 0 unspecified atom stereocenters. The lowest BCUT2D eigenvalue weighted by molar-refractivity contribution is -0.121. The fourth-order valence-corrected chi connectivity index (χ4v) is 3.92. The van der Waals surface area contributed by atoms with Crippen LogP contribution in [0.1, 0.15) is 129 Å². The molecular weight excluding hydrogens is 380 g/mol. The third-order valence-electron chi connectivity index (χ3n) is 6.06. The highest BCUT2D eigenvalue weighted by Crippen LogP contribution is 2.14. The second kappa shape index (κ2) is 20.4. The second-order valence-electron chi connectivity index (χ2n) is 9.10. The Morgan fingerprint density at radius 3 is 1.65 bits per heavy atom. The molecule has 0 saturated carbocycles. The van der Waals surface area contributed by atoms with E-state index < -0.39 is 0 Å². The zero-order chi connectivity index (χ0) is 22.4. The van der Waals surface area contributed by atoms with Gasteiger partial charge in [-0.2, -0.15) is 0 Å². The Morgan fingerprint density at radius 1 is 0.645 bits per heavy atom. The third-order valence-corrected chi connectivity index (χ3v) is 6.06. The summed E-state index contributed by atoms with van der Waals surface area (Å²) in [6.07, 6.45) is 22.3. The minimum Gasteiger partial charge on any atom is -0.385 e. The number of rotatable bonds is 21. The van der Waals surface area contributed by atoms with Crippen LogP contribution in [0.4, 0.5) is 5.69 Å². The van der Waals surface area contributed by atoms with E-state index in [-0.39, 0.29) is 5.91 Å². The first-order valence-electron chi connectivity index (χ1n) is 13.4. The molecule has 0 heterocycles. The van der Waals surface area contributed by atoms with Gasteiger partial charge in [0.05, 0.1) is 0 Å². The fourth-order valence-electron chi connectivity index (χ4n) is 3.92. The van der Waals surface area contributed by atoms with Crippen LogP contribution in [-0.2, 0) is 11.3 Å². The normalized spacial score (nSPS) is 10.9. The molecule has 3 nitrogen and oxygen atoms in total. The zero-order valence-electron chi connectivity index (χ0n) is 20.7. The Balaban J connectivity index is 1.90. The van der Waals surface area contributed by atoms with Crippen LogP contribution in [-0.4, -0.2) is 12.5 Å². The van der Waals surface area contributed by atoms with Crippen molar-refractivity contribution in [3.05, 3.63) is 29.8 Å². The highest BCUT2D eigenvalue weighted by Gasteiger charge is 2.01. The zero-order valence-corrected chi connectivity index (χ0v) is 20.7. The molecule has 1 amide bonds. The van der Waals surface area contributed by atoms with E-state index in [1.54, 1.807) is 0 Å². The van der Waals surface area contributed by atoms with Crippen molar-refractivity contribution >= 4 is 11.6 Å². The van der Waals surface area contributed by atoms with E-state index in [0.717, 1.165) is 24.9 Å². The summed E-state index contributed by atoms with van der Waals surface area (Å²) in [5.41, 5.74) is 2.34. The van der Waals surface area contributed by atoms with Crippen molar-refractivity contribution in [3.8, 4) is 0 Å². The molecule has 3 heteroatoms. The number of hydrogen-bond donors (Lipinski definition) is 2. The third kappa shape index (κ3) is 16.8. The fraction of sp³-hybridized carbons (Fsp3) is 0.750. The Labute approximate surface area is 193 Å². The topological polar surface area (TPSA) is 41.1 Å². The maximum absolute atomic E-state index is 11.7. The van der Waals surface area contributed by atoms with Gasteiger partial charge in [-0.3, -0.25) is 4.79 Å². The van der Waals surface area contributed by atoms with Crippen molar-refractivity contribution < 1.29 is 4.79 Å². The van der Waals surface area contributed by atoms with Crippen molar-refractivity contribution in [1.82, 2.24) is 5.32 Å². The van der Waals surface area contributed by atoms with Crippen LogP contribution in [0, 0.1) is 0 Å². The van der Waals surface area contributed by atoms with E-state index in [9.17, 15) is 4.79 Å². The van der Waals surface area contributed by atoms with Crippen LogP contribution < -0.4 is 10.6 Å². The lowest BCUT2D eigenvalue weighted by Gasteiger charge is -2.09. The van der Waals surface area contributed by atoms with Gasteiger partial charge in [0.15, 0.2) is 0 Å². The average molecular weight is 431 g/mol. The van der Waals surface area contributed by atoms with Gasteiger partial charge < -0.3 is 10.6 Å². The van der Waals surface area contributed by atoms with Crippen LogP contribution in [0.15, 0.2) is 24.3 Å². The minimum atomic E-state index is 0.154. The van der Waals surface area contributed by atoms with Gasteiger partial charge in [0.25, 0.3) is 0 Å². The number of benzene rings is 1. The van der Waals surface area contributed by atoms with E-state index in [1.165, 1.54) is 95.6 Å². The Kier molecular flexibility index (Phi) is 18.1. The summed E-state index contributed by atoms with van der Waals surface area (Å²) in [5.74, 6) is 0.154. The highest BCUT2D eigenvalue weighted by atomic mass is 16.1. The van der Waals surface area contributed by atoms with Gasteiger partial charge in [0, 0.05) is 25.2 Å². The van der Waals surface area contributed by atoms with E-state index in [4.69, 9.17) is 0 Å². The van der Waals surface area contributed by atoms with Crippen LogP contribution >= 0.6 is 0 Å². The standard InChI is InChI=1S/C28H50N2O/c1-3-5-7-8-9-10-11-12-13-14-15-16-17-18-24-29-27-22-20-26(21-23-27)25-30-28(31)19-6-4-2/h20-23,29H,3-19,24-25H2,1-2H3,(H,30,31).